The van der Waals surface area contributed by atoms with Crippen LogP contribution in [0.5, 0.6) is 11.5 Å². The van der Waals surface area contributed by atoms with Gasteiger partial charge in [-0.3, -0.25) is 15.5 Å². The van der Waals surface area contributed by atoms with Crippen LogP contribution >= 0.6 is 12.2 Å². The van der Waals surface area contributed by atoms with Crippen LogP contribution in [0.1, 0.15) is 5.56 Å². The average molecular weight is 282 g/mol. The van der Waals surface area contributed by atoms with Crippen LogP contribution in [0.3, 0.4) is 0 Å². The summed E-state index contributed by atoms with van der Waals surface area (Å²) in [6.07, 6.45) is 1.30. The monoisotopic (exact) mass is 282 g/mol. The summed E-state index contributed by atoms with van der Waals surface area (Å²) in [4.78, 5) is 10.4. The van der Waals surface area contributed by atoms with E-state index in [1.165, 1.54) is 18.3 Å². The van der Waals surface area contributed by atoms with Crippen LogP contribution in [0.4, 0.5) is 5.69 Å². The lowest BCUT2D eigenvalue weighted by molar-refractivity contribution is -0.385. The zero-order chi connectivity index (χ0) is 13.8. The molecule has 0 unspecified atom stereocenters. The Kier molecular flexibility index (Phi) is 3.76. The van der Waals surface area contributed by atoms with Gasteiger partial charge < -0.3 is 14.8 Å². The highest BCUT2D eigenvalue weighted by atomic mass is 32.1. The topological polar surface area (TPSA) is 98.0 Å². The van der Waals surface area contributed by atoms with Crippen LogP contribution in [0.25, 0.3) is 0 Å². The molecule has 2 N–H and O–H groups in total. The van der Waals surface area contributed by atoms with Gasteiger partial charge in [0.25, 0.3) is 5.69 Å². The largest absolute Gasteiger partial charge is 0.454 e. The highest BCUT2D eigenvalue weighted by Gasteiger charge is 2.22. The van der Waals surface area contributed by atoms with E-state index in [0.717, 1.165) is 0 Å². The SMILES string of the molecule is CNC(=S)N/N=C/c1cc2c(cc1[N+](=O)[O-])OCO2. The second-order valence-electron chi connectivity index (χ2n) is 3.47. The van der Waals surface area contributed by atoms with E-state index in [1.54, 1.807) is 7.05 Å². The van der Waals surface area contributed by atoms with Gasteiger partial charge in [-0.2, -0.15) is 5.10 Å². The number of thiocarbonyl (C=S) groups is 1. The normalized spacial score (nSPS) is 12.5. The fourth-order valence-electron chi connectivity index (χ4n) is 1.42. The zero-order valence-electron chi connectivity index (χ0n) is 9.87. The van der Waals surface area contributed by atoms with Crippen molar-refractivity contribution in [2.45, 2.75) is 0 Å². The lowest BCUT2D eigenvalue weighted by atomic mass is 10.1. The minimum Gasteiger partial charge on any atom is -0.454 e. The van der Waals surface area contributed by atoms with E-state index < -0.39 is 4.92 Å². The standard InChI is InChI=1S/C10H10N4O4S/c1-11-10(19)13-12-4-6-2-8-9(18-5-17-8)3-7(6)14(15)16/h2-4H,5H2,1H3,(H2,11,13,19)/b12-4+. The predicted octanol–water partition coefficient (Wildman–Crippen LogP) is 0.751. The second kappa shape index (κ2) is 5.48. The van der Waals surface area contributed by atoms with Crippen molar-refractivity contribution in [1.82, 2.24) is 10.7 Å². The van der Waals surface area contributed by atoms with Gasteiger partial charge in [0, 0.05) is 7.05 Å². The van der Waals surface area contributed by atoms with Crippen LogP contribution in [0, 0.1) is 10.1 Å². The third kappa shape index (κ3) is 2.88. The Morgan fingerprint density at radius 1 is 1.53 bits per heavy atom. The van der Waals surface area contributed by atoms with Gasteiger partial charge in [-0.15, -0.1) is 0 Å². The van der Waals surface area contributed by atoms with Gasteiger partial charge >= 0.3 is 0 Å². The van der Waals surface area contributed by atoms with E-state index >= 15 is 0 Å². The van der Waals surface area contributed by atoms with Crippen molar-refractivity contribution in [3.8, 4) is 11.5 Å². The Morgan fingerprint density at radius 2 is 2.21 bits per heavy atom. The minimum atomic E-state index is -0.514. The quantitative estimate of drug-likeness (QED) is 0.365. The van der Waals surface area contributed by atoms with Gasteiger partial charge in [-0.05, 0) is 18.3 Å². The van der Waals surface area contributed by atoms with Crippen molar-refractivity contribution in [2.24, 2.45) is 5.10 Å². The van der Waals surface area contributed by atoms with E-state index in [9.17, 15) is 10.1 Å². The summed E-state index contributed by atoms with van der Waals surface area (Å²) in [6.45, 7) is 0.0508. The molecular formula is C10H10N4O4S. The molecular weight excluding hydrogens is 272 g/mol. The molecule has 0 spiro atoms. The number of fused-ring (bicyclic) bond motifs is 1. The van der Waals surface area contributed by atoms with E-state index in [0.29, 0.717) is 22.2 Å². The lowest BCUT2D eigenvalue weighted by Gasteiger charge is -2.02. The maximum Gasteiger partial charge on any atom is 0.282 e. The summed E-state index contributed by atoms with van der Waals surface area (Å²) >= 11 is 4.82. The van der Waals surface area contributed by atoms with E-state index in [4.69, 9.17) is 21.7 Å². The number of nitro groups is 1. The molecule has 19 heavy (non-hydrogen) atoms. The summed E-state index contributed by atoms with van der Waals surface area (Å²) < 4.78 is 10.2. The van der Waals surface area contributed by atoms with Crippen LogP contribution < -0.4 is 20.2 Å². The number of ether oxygens (including phenoxy) is 2. The maximum absolute atomic E-state index is 11.0. The summed E-state index contributed by atoms with van der Waals surface area (Å²) in [7, 11) is 1.63. The number of benzene rings is 1. The molecule has 1 aliphatic rings. The summed E-state index contributed by atoms with van der Waals surface area (Å²) in [5.74, 6) is 0.797. The molecule has 0 saturated heterocycles. The van der Waals surface area contributed by atoms with Crippen molar-refractivity contribution in [3.63, 3.8) is 0 Å². The molecule has 0 radical (unpaired) electrons. The number of rotatable bonds is 3. The molecule has 100 valence electrons. The molecule has 0 bridgehead atoms. The number of nitro benzene ring substituents is 1. The first-order valence-electron chi connectivity index (χ1n) is 5.20. The number of hydrogen-bond donors (Lipinski definition) is 2. The van der Waals surface area contributed by atoms with Crippen LogP contribution in [-0.4, -0.2) is 30.1 Å². The molecule has 1 heterocycles. The Morgan fingerprint density at radius 3 is 2.84 bits per heavy atom. The molecule has 0 fully saturated rings. The third-order valence-electron chi connectivity index (χ3n) is 2.32. The van der Waals surface area contributed by atoms with Gasteiger partial charge in [0.15, 0.2) is 16.6 Å². The maximum atomic E-state index is 11.0. The van der Waals surface area contributed by atoms with Crippen LogP contribution in [0.2, 0.25) is 0 Å². The van der Waals surface area contributed by atoms with Crippen molar-refractivity contribution in [1.29, 1.82) is 0 Å². The van der Waals surface area contributed by atoms with Crippen LogP contribution in [0.15, 0.2) is 17.2 Å². The summed E-state index contributed by atoms with van der Waals surface area (Å²) in [6, 6.07) is 2.80. The highest BCUT2D eigenvalue weighted by molar-refractivity contribution is 7.80. The van der Waals surface area contributed by atoms with Crippen molar-refractivity contribution in [2.75, 3.05) is 13.8 Å². The summed E-state index contributed by atoms with van der Waals surface area (Å²) in [5.41, 5.74) is 2.68. The molecule has 2 rings (SSSR count). The number of nitrogens with zero attached hydrogens (tertiary/aromatic N) is 2. The highest BCUT2D eigenvalue weighted by Crippen LogP contribution is 2.37. The number of hydrazone groups is 1. The fraction of sp³-hybridized carbons (Fsp3) is 0.200. The predicted molar refractivity (Wildman–Crippen MR) is 71.6 cm³/mol. The average Bonchev–Trinajstić information content (AvgIpc) is 2.84. The molecule has 0 aromatic heterocycles. The molecule has 0 aliphatic carbocycles. The van der Waals surface area contributed by atoms with Crippen LogP contribution in [-0.2, 0) is 0 Å². The van der Waals surface area contributed by atoms with Crippen molar-refractivity contribution < 1.29 is 14.4 Å². The first-order valence-corrected chi connectivity index (χ1v) is 5.61. The van der Waals surface area contributed by atoms with Crippen molar-refractivity contribution in [3.05, 3.63) is 27.8 Å². The Hall–Kier alpha value is -2.42. The first kappa shape index (κ1) is 13.0. The number of nitrogens with one attached hydrogen (secondary N) is 2. The molecule has 1 aliphatic heterocycles. The summed E-state index contributed by atoms with van der Waals surface area (Å²) in [5, 5.41) is 17.7. The van der Waals surface area contributed by atoms with E-state index in [2.05, 4.69) is 15.8 Å². The molecule has 1 aromatic rings. The van der Waals surface area contributed by atoms with Gasteiger partial charge in [-0.25, -0.2) is 0 Å². The molecule has 0 amide bonds. The molecule has 1 aromatic carbocycles. The van der Waals surface area contributed by atoms with Gasteiger partial charge in [0.05, 0.1) is 22.8 Å². The second-order valence-corrected chi connectivity index (χ2v) is 3.88. The van der Waals surface area contributed by atoms with Gasteiger partial charge in [0.1, 0.15) is 0 Å². The molecule has 9 heteroatoms. The van der Waals surface area contributed by atoms with Crippen molar-refractivity contribution >= 4 is 29.2 Å². The smallest absolute Gasteiger partial charge is 0.282 e. The molecule has 8 nitrogen and oxygen atoms in total. The van der Waals surface area contributed by atoms with E-state index in [-0.39, 0.29) is 12.5 Å². The Balaban J connectivity index is 2.28. The number of hydrogen-bond acceptors (Lipinski definition) is 6. The van der Waals surface area contributed by atoms with Gasteiger partial charge in [-0.1, -0.05) is 0 Å². The Labute approximate surface area is 113 Å². The van der Waals surface area contributed by atoms with Gasteiger partial charge in [0.2, 0.25) is 6.79 Å². The molecule has 0 saturated carbocycles. The molecule has 0 atom stereocenters. The fourth-order valence-corrected chi connectivity index (χ4v) is 1.48. The lowest BCUT2D eigenvalue weighted by Crippen LogP contribution is -2.28. The zero-order valence-corrected chi connectivity index (χ0v) is 10.7. The third-order valence-corrected chi connectivity index (χ3v) is 2.61. The first-order chi connectivity index (χ1) is 9.11. The van der Waals surface area contributed by atoms with E-state index in [1.807, 2.05) is 0 Å². The minimum absolute atomic E-state index is 0.0508. The Bertz CT molecular complexity index is 561.